The van der Waals surface area contributed by atoms with Gasteiger partial charge >= 0.3 is 0 Å². The van der Waals surface area contributed by atoms with E-state index >= 15 is 0 Å². The number of ether oxygens (including phenoxy) is 2. The molecule has 1 aliphatic carbocycles. The van der Waals surface area contributed by atoms with Crippen molar-refractivity contribution in [1.29, 1.82) is 0 Å². The molecule has 0 aromatic heterocycles. The fourth-order valence-corrected chi connectivity index (χ4v) is 2.84. The molecular weight excluding hydrogens is 334 g/mol. The Morgan fingerprint density at radius 1 is 1.12 bits per heavy atom. The summed E-state index contributed by atoms with van der Waals surface area (Å²) in [5.74, 6) is 0.852. The van der Waals surface area contributed by atoms with Crippen LogP contribution in [0.4, 0.5) is 0 Å². The van der Waals surface area contributed by atoms with Gasteiger partial charge in [0.25, 0.3) is 5.91 Å². The highest BCUT2D eigenvalue weighted by Crippen LogP contribution is 2.32. The summed E-state index contributed by atoms with van der Waals surface area (Å²) in [5, 5.41) is 5.80. The molecule has 2 amide bonds. The lowest BCUT2D eigenvalue weighted by molar-refractivity contribution is -0.124. The van der Waals surface area contributed by atoms with Crippen LogP contribution in [-0.2, 0) is 4.79 Å². The molecular formula is C19H29N3O4. The lowest BCUT2D eigenvalue weighted by atomic mass is 10.0. The van der Waals surface area contributed by atoms with Crippen molar-refractivity contribution in [1.82, 2.24) is 10.6 Å². The predicted molar refractivity (Wildman–Crippen MR) is 99.3 cm³/mol. The summed E-state index contributed by atoms with van der Waals surface area (Å²) in [4.78, 5) is 25.3. The number of nitrogens with two attached hydrogens (primary N) is 1. The summed E-state index contributed by atoms with van der Waals surface area (Å²) in [6.45, 7) is 4.19. The molecule has 4 N–H and O–H groups in total. The number of rotatable bonds is 9. The summed E-state index contributed by atoms with van der Waals surface area (Å²) >= 11 is 0. The zero-order valence-corrected chi connectivity index (χ0v) is 15.9. The molecule has 1 aliphatic rings. The number of amides is 2. The minimum Gasteiger partial charge on any atom is -0.497 e. The van der Waals surface area contributed by atoms with Crippen LogP contribution >= 0.6 is 0 Å². The summed E-state index contributed by atoms with van der Waals surface area (Å²) in [5.41, 5.74) is 6.14. The second kappa shape index (κ2) is 8.89. The van der Waals surface area contributed by atoms with Gasteiger partial charge in [-0.2, -0.15) is 0 Å². The van der Waals surface area contributed by atoms with Crippen molar-refractivity contribution in [3.05, 3.63) is 23.8 Å². The first-order valence-corrected chi connectivity index (χ1v) is 8.94. The van der Waals surface area contributed by atoms with Crippen LogP contribution in [0.25, 0.3) is 0 Å². The maximum absolute atomic E-state index is 12.7. The van der Waals surface area contributed by atoms with E-state index in [0.717, 1.165) is 12.8 Å². The second-order valence-electron chi connectivity index (χ2n) is 6.98. The first kappa shape index (κ1) is 20.0. The van der Waals surface area contributed by atoms with Crippen molar-refractivity contribution in [3.63, 3.8) is 0 Å². The van der Waals surface area contributed by atoms with E-state index in [2.05, 4.69) is 10.6 Å². The van der Waals surface area contributed by atoms with E-state index in [0.29, 0.717) is 29.5 Å². The maximum Gasteiger partial charge on any atom is 0.252 e. The van der Waals surface area contributed by atoms with Crippen LogP contribution in [0.3, 0.4) is 0 Å². The van der Waals surface area contributed by atoms with Gasteiger partial charge in [-0.05, 0) is 36.8 Å². The molecule has 0 heterocycles. The number of carbonyl (C=O) groups is 2. The first-order chi connectivity index (χ1) is 12.4. The van der Waals surface area contributed by atoms with Gasteiger partial charge in [0.15, 0.2) is 0 Å². The summed E-state index contributed by atoms with van der Waals surface area (Å²) < 4.78 is 10.4. The molecule has 0 spiro atoms. The average Bonchev–Trinajstić information content (AvgIpc) is 3.47. The van der Waals surface area contributed by atoms with Gasteiger partial charge in [-0.1, -0.05) is 13.8 Å². The maximum atomic E-state index is 12.7. The third kappa shape index (κ3) is 5.11. The highest BCUT2D eigenvalue weighted by Gasteiger charge is 2.34. The van der Waals surface area contributed by atoms with Crippen LogP contribution in [0.5, 0.6) is 11.5 Å². The molecule has 1 fully saturated rings. The van der Waals surface area contributed by atoms with Gasteiger partial charge in [0.1, 0.15) is 17.5 Å². The van der Waals surface area contributed by atoms with E-state index in [1.54, 1.807) is 18.2 Å². The molecule has 7 nitrogen and oxygen atoms in total. The highest BCUT2D eigenvalue weighted by molar-refractivity contribution is 5.98. The fourth-order valence-electron chi connectivity index (χ4n) is 2.84. The molecule has 1 aromatic carbocycles. The van der Waals surface area contributed by atoms with Crippen molar-refractivity contribution in [2.75, 3.05) is 20.8 Å². The molecule has 0 radical (unpaired) electrons. The number of carbonyl (C=O) groups excluding carboxylic acids is 2. The molecule has 0 bridgehead atoms. The van der Waals surface area contributed by atoms with Crippen molar-refractivity contribution in [3.8, 4) is 11.5 Å². The zero-order chi connectivity index (χ0) is 19.3. The largest absolute Gasteiger partial charge is 0.497 e. The van der Waals surface area contributed by atoms with Crippen LogP contribution in [0.15, 0.2) is 18.2 Å². The average molecular weight is 363 g/mol. The van der Waals surface area contributed by atoms with Crippen molar-refractivity contribution < 1.29 is 19.1 Å². The van der Waals surface area contributed by atoms with Crippen LogP contribution < -0.4 is 25.8 Å². The number of hydrogen-bond acceptors (Lipinski definition) is 5. The molecule has 7 heteroatoms. The quantitative estimate of drug-likeness (QED) is 0.614. The molecule has 0 aliphatic heterocycles. The Hall–Kier alpha value is -2.28. The van der Waals surface area contributed by atoms with Gasteiger partial charge in [-0.15, -0.1) is 0 Å². The fraction of sp³-hybridized carbons (Fsp3) is 0.579. The Morgan fingerprint density at radius 3 is 2.12 bits per heavy atom. The zero-order valence-electron chi connectivity index (χ0n) is 15.9. The van der Waals surface area contributed by atoms with E-state index < -0.39 is 6.04 Å². The van der Waals surface area contributed by atoms with Gasteiger partial charge in [-0.25, -0.2) is 0 Å². The number of methoxy groups -OCH3 is 2. The molecule has 1 saturated carbocycles. The van der Waals surface area contributed by atoms with Crippen molar-refractivity contribution in [2.45, 2.75) is 38.8 Å². The van der Waals surface area contributed by atoms with Crippen LogP contribution in [-0.4, -0.2) is 44.7 Å². The molecule has 0 saturated heterocycles. The number of benzene rings is 1. The van der Waals surface area contributed by atoms with Gasteiger partial charge < -0.3 is 25.8 Å². The lowest BCUT2D eigenvalue weighted by Gasteiger charge is -2.25. The Bertz CT molecular complexity index is 621. The SMILES string of the molecule is COc1cc(OC)cc(C(=O)NC(C(=O)NC(CN)C2CC2)C(C)C)c1. The van der Waals surface area contributed by atoms with Gasteiger partial charge in [0.05, 0.1) is 14.2 Å². The predicted octanol–water partition coefficient (Wildman–Crippen LogP) is 1.31. The highest BCUT2D eigenvalue weighted by atomic mass is 16.5. The third-order valence-corrected chi connectivity index (χ3v) is 4.62. The van der Waals surface area contributed by atoms with E-state index in [-0.39, 0.29) is 23.8 Å². The second-order valence-corrected chi connectivity index (χ2v) is 6.98. The van der Waals surface area contributed by atoms with Crippen LogP contribution in [0.2, 0.25) is 0 Å². The molecule has 2 rings (SSSR count). The monoisotopic (exact) mass is 363 g/mol. The standard InChI is InChI=1S/C19H29N3O4/c1-11(2)17(19(24)21-16(10-20)12-5-6-12)22-18(23)13-7-14(25-3)9-15(8-13)26-4/h7-9,11-12,16-17H,5-6,10,20H2,1-4H3,(H,21,24)(H,22,23). The Balaban J connectivity index is 2.11. The van der Waals surface area contributed by atoms with E-state index in [4.69, 9.17) is 15.2 Å². The number of hydrogen-bond donors (Lipinski definition) is 3. The summed E-state index contributed by atoms with van der Waals surface area (Å²) in [6, 6.07) is 4.23. The van der Waals surface area contributed by atoms with Gasteiger partial charge in [0, 0.05) is 24.2 Å². The van der Waals surface area contributed by atoms with Crippen molar-refractivity contribution >= 4 is 11.8 Å². The normalized spacial score (nSPS) is 15.9. The van der Waals surface area contributed by atoms with E-state index in [1.165, 1.54) is 14.2 Å². The molecule has 2 unspecified atom stereocenters. The Kier molecular flexibility index (Phi) is 6.85. The van der Waals surface area contributed by atoms with Gasteiger partial charge in [0.2, 0.25) is 5.91 Å². The number of nitrogens with one attached hydrogen (secondary N) is 2. The Labute approximate surface area is 154 Å². The smallest absolute Gasteiger partial charge is 0.252 e. The van der Waals surface area contributed by atoms with Crippen LogP contribution in [0, 0.1) is 11.8 Å². The molecule has 2 atom stereocenters. The van der Waals surface area contributed by atoms with Gasteiger partial charge in [-0.3, -0.25) is 9.59 Å². The third-order valence-electron chi connectivity index (χ3n) is 4.62. The van der Waals surface area contributed by atoms with E-state index in [1.807, 2.05) is 13.8 Å². The molecule has 1 aromatic rings. The topological polar surface area (TPSA) is 103 Å². The van der Waals surface area contributed by atoms with Crippen LogP contribution in [0.1, 0.15) is 37.0 Å². The minimum absolute atomic E-state index is 0.0300. The molecule has 26 heavy (non-hydrogen) atoms. The molecule has 144 valence electrons. The van der Waals surface area contributed by atoms with Crippen molar-refractivity contribution in [2.24, 2.45) is 17.6 Å². The Morgan fingerprint density at radius 2 is 1.69 bits per heavy atom. The summed E-state index contributed by atoms with van der Waals surface area (Å²) in [7, 11) is 3.04. The summed E-state index contributed by atoms with van der Waals surface area (Å²) in [6.07, 6.45) is 2.18. The first-order valence-electron chi connectivity index (χ1n) is 8.94. The van der Waals surface area contributed by atoms with E-state index in [9.17, 15) is 9.59 Å². The lowest BCUT2D eigenvalue weighted by Crippen LogP contribution is -2.54. The minimum atomic E-state index is -0.646.